The van der Waals surface area contributed by atoms with Crippen LogP contribution in [0.4, 0.5) is 11.8 Å². The molecule has 26 heavy (non-hydrogen) atoms. The SMILES string of the molecule is Nc1nc2c(NCc3ccco3)ncnc2n1[C@@H]1O[C@H](CO)[C@@H](O)[C@H]1O. The number of nitrogens with one attached hydrogen (secondary N) is 1. The number of aliphatic hydroxyl groups is 3. The topological polar surface area (TPSA) is 165 Å². The maximum Gasteiger partial charge on any atom is 0.204 e. The Balaban J connectivity index is 1.68. The summed E-state index contributed by atoms with van der Waals surface area (Å²) in [6, 6.07) is 3.60. The molecule has 0 aromatic carbocycles. The van der Waals surface area contributed by atoms with Gasteiger partial charge in [0.2, 0.25) is 5.95 Å². The number of anilines is 2. The number of aliphatic hydroxyl groups excluding tert-OH is 3. The molecule has 1 aliphatic heterocycles. The quantitative estimate of drug-likeness (QED) is 0.389. The molecule has 0 saturated carbocycles. The van der Waals surface area contributed by atoms with E-state index in [1.165, 1.54) is 10.9 Å². The van der Waals surface area contributed by atoms with Gasteiger partial charge in [0.25, 0.3) is 0 Å². The molecule has 0 amide bonds. The Morgan fingerprint density at radius 3 is 2.81 bits per heavy atom. The standard InChI is InChI=1S/C15H18N6O5/c16-15-20-9-12(17-4-7-2-1-3-25-7)18-6-19-13(9)21(15)14-11(24)10(23)8(5-22)26-14/h1-3,6,8,10-11,14,22-24H,4-5H2,(H2,16,20)(H,17,18,19)/t8-,10-,11-,14-/m1/s1. The van der Waals surface area contributed by atoms with Crippen LogP contribution >= 0.6 is 0 Å². The van der Waals surface area contributed by atoms with E-state index in [1.807, 2.05) is 6.07 Å². The van der Waals surface area contributed by atoms with Gasteiger partial charge in [-0.25, -0.2) is 15.0 Å². The summed E-state index contributed by atoms with van der Waals surface area (Å²) in [4.78, 5) is 12.6. The third kappa shape index (κ3) is 2.66. The highest BCUT2D eigenvalue weighted by Crippen LogP contribution is 2.34. The summed E-state index contributed by atoms with van der Waals surface area (Å²) in [6.07, 6.45) is -1.60. The normalized spacial score (nSPS) is 25.8. The van der Waals surface area contributed by atoms with E-state index in [1.54, 1.807) is 12.3 Å². The van der Waals surface area contributed by atoms with E-state index in [4.69, 9.17) is 14.9 Å². The summed E-state index contributed by atoms with van der Waals surface area (Å²) in [5.74, 6) is 1.19. The first-order chi connectivity index (χ1) is 12.6. The Bertz CT molecular complexity index is 897. The second kappa shape index (κ2) is 6.53. The molecule has 1 aliphatic rings. The molecule has 1 fully saturated rings. The molecule has 3 aromatic rings. The van der Waals surface area contributed by atoms with Gasteiger partial charge in [-0.3, -0.25) is 4.57 Å². The molecule has 4 atom stereocenters. The average Bonchev–Trinajstić information content (AvgIpc) is 3.33. The minimum absolute atomic E-state index is 0.0383. The molecular formula is C15H18N6O5. The Labute approximate surface area is 147 Å². The molecule has 11 nitrogen and oxygen atoms in total. The molecule has 138 valence electrons. The summed E-state index contributed by atoms with van der Waals surface area (Å²) >= 11 is 0. The number of imidazole rings is 1. The first kappa shape index (κ1) is 16.7. The highest BCUT2D eigenvalue weighted by atomic mass is 16.6. The van der Waals surface area contributed by atoms with E-state index in [9.17, 15) is 15.3 Å². The number of furan rings is 1. The lowest BCUT2D eigenvalue weighted by molar-refractivity contribution is -0.0500. The molecule has 0 radical (unpaired) electrons. The number of rotatable bonds is 5. The van der Waals surface area contributed by atoms with Crippen molar-refractivity contribution >= 4 is 22.9 Å². The average molecular weight is 362 g/mol. The molecule has 0 aliphatic carbocycles. The van der Waals surface area contributed by atoms with Crippen LogP contribution in [0.15, 0.2) is 29.1 Å². The minimum atomic E-state index is -1.29. The second-order valence-corrected chi connectivity index (χ2v) is 5.90. The summed E-state index contributed by atoms with van der Waals surface area (Å²) in [7, 11) is 0. The molecule has 11 heteroatoms. The molecular weight excluding hydrogens is 344 g/mol. The van der Waals surface area contributed by atoms with Crippen LogP contribution in [0, 0.1) is 0 Å². The fourth-order valence-electron chi connectivity index (χ4n) is 2.98. The molecule has 6 N–H and O–H groups in total. The number of nitrogen functional groups attached to an aromatic ring is 1. The van der Waals surface area contributed by atoms with Crippen molar-refractivity contribution in [3.8, 4) is 0 Å². The molecule has 0 unspecified atom stereocenters. The van der Waals surface area contributed by atoms with Crippen molar-refractivity contribution < 1.29 is 24.5 Å². The van der Waals surface area contributed by atoms with Crippen molar-refractivity contribution in [3.05, 3.63) is 30.5 Å². The smallest absolute Gasteiger partial charge is 0.204 e. The van der Waals surface area contributed by atoms with Crippen LogP contribution in [0.2, 0.25) is 0 Å². The van der Waals surface area contributed by atoms with Crippen LogP contribution in [0.3, 0.4) is 0 Å². The summed E-state index contributed by atoms with van der Waals surface area (Å²) < 4.78 is 12.2. The van der Waals surface area contributed by atoms with Gasteiger partial charge in [0, 0.05) is 0 Å². The van der Waals surface area contributed by atoms with Crippen LogP contribution in [-0.4, -0.2) is 59.8 Å². The molecule has 4 rings (SSSR count). The van der Waals surface area contributed by atoms with Crippen LogP contribution in [0.25, 0.3) is 11.2 Å². The Kier molecular flexibility index (Phi) is 4.20. The van der Waals surface area contributed by atoms with E-state index in [0.29, 0.717) is 29.3 Å². The summed E-state index contributed by atoms with van der Waals surface area (Å²) in [5.41, 5.74) is 6.70. The minimum Gasteiger partial charge on any atom is -0.467 e. The van der Waals surface area contributed by atoms with E-state index in [2.05, 4.69) is 20.3 Å². The molecule has 3 aromatic heterocycles. The number of hydrogen-bond acceptors (Lipinski definition) is 10. The predicted octanol–water partition coefficient (Wildman–Crippen LogP) is -0.775. The van der Waals surface area contributed by atoms with Crippen molar-refractivity contribution in [2.24, 2.45) is 0 Å². The number of aromatic nitrogens is 4. The van der Waals surface area contributed by atoms with Crippen molar-refractivity contribution in [1.82, 2.24) is 19.5 Å². The van der Waals surface area contributed by atoms with Crippen LogP contribution in [0.1, 0.15) is 12.0 Å². The first-order valence-corrected chi connectivity index (χ1v) is 7.97. The Morgan fingerprint density at radius 2 is 2.12 bits per heavy atom. The first-order valence-electron chi connectivity index (χ1n) is 7.97. The van der Waals surface area contributed by atoms with Gasteiger partial charge in [-0.2, -0.15) is 0 Å². The Morgan fingerprint density at radius 1 is 1.27 bits per heavy atom. The highest BCUT2D eigenvalue weighted by molar-refractivity contribution is 5.85. The number of ether oxygens (including phenoxy) is 1. The van der Waals surface area contributed by atoms with Crippen LogP contribution in [-0.2, 0) is 11.3 Å². The number of fused-ring (bicyclic) bond motifs is 1. The van der Waals surface area contributed by atoms with Gasteiger partial charge in [-0.05, 0) is 12.1 Å². The zero-order chi connectivity index (χ0) is 18.3. The molecule has 1 saturated heterocycles. The summed E-state index contributed by atoms with van der Waals surface area (Å²) in [6.45, 7) is -0.0497. The molecule has 0 spiro atoms. The fourth-order valence-corrected chi connectivity index (χ4v) is 2.98. The maximum atomic E-state index is 10.3. The fraction of sp³-hybridized carbons (Fsp3) is 0.400. The zero-order valence-corrected chi connectivity index (χ0v) is 13.6. The van der Waals surface area contributed by atoms with Gasteiger partial charge in [0.1, 0.15) is 30.4 Å². The van der Waals surface area contributed by atoms with Gasteiger partial charge in [0.15, 0.2) is 23.2 Å². The third-order valence-corrected chi connectivity index (χ3v) is 4.29. The van der Waals surface area contributed by atoms with Gasteiger partial charge < -0.3 is 35.5 Å². The van der Waals surface area contributed by atoms with Crippen molar-refractivity contribution in [1.29, 1.82) is 0 Å². The second-order valence-electron chi connectivity index (χ2n) is 5.90. The van der Waals surface area contributed by atoms with E-state index >= 15 is 0 Å². The lowest BCUT2D eigenvalue weighted by Crippen LogP contribution is -2.33. The van der Waals surface area contributed by atoms with Crippen LogP contribution in [0.5, 0.6) is 0 Å². The van der Waals surface area contributed by atoms with Gasteiger partial charge in [-0.15, -0.1) is 0 Å². The monoisotopic (exact) mass is 362 g/mol. The van der Waals surface area contributed by atoms with E-state index < -0.39 is 31.1 Å². The number of nitrogens with two attached hydrogens (primary N) is 1. The lowest BCUT2D eigenvalue weighted by Gasteiger charge is -2.17. The molecule has 4 heterocycles. The van der Waals surface area contributed by atoms with Crippen molar-refractivity contribution in [2.45, 2.75) is 31.1 Å². The van der Waals surface area contributed by atoms with Gasteiger partial charge >= 0.3 is 0 Å². The summed E-state index contributed by atoms with van der Waals surface area (Å²) in [5, 5.41) is 32.6. The van der Waals surface area contributed by atoms with E-state index in [-0.39, 0.29) is 5.95 Å². The van der Waals surface area contributed by atoms with Crippen molar-refractivity contribution in [2.75, 3.05) is 17.7 Å². The van der Waals surface area contributed by atoms with Crippen molar-refractivity contribution in [3.63, 3.8) is 0 Å². The Hall–Kier alpha value is -2.73. The zero-order valence-electron chi connectivity index (χ0n) is 13.6. The third-order valence-electron chi connectivity index (χ3n) is 4.29. The lowest BCUT2D eigenvalue weighted by atomic mass is 10.1. The predicted molar refractivity (Wildman–Crippen MR) is 88.8 cm³/mol. The highest BCUT2D eigenvalue weighted by Gasteiger charge is 2.44. The number of hydrogen-bond donors (Lipinski definition) is 5. The van der Waals surface area contributed by atoms with Crippen LogP contribution < -0.4 is 11.1 Å². The van der Waals surface area contributed by atoms with Gasteiger partial charge in [-0.1, -0.05) is 0 Å². The largest absolute Gasteiger partial charge is 0.467 e. The maximum absolute atomic E-state index is 10.3. The van der Waals surface area contributed by atoms with E-state index in [0.717, 1.165) is 0 Å². The number of nitrogens with zero attached hydrogens (tertiary/aromatic N) is 4. The molecule has 0 bridgehead atoms. The van der Waals surface area contributed by atoms with Gasteiger partial charge in [0.05, 0.1) is 19.4 Å².